The van der Waals surface area contributed by atoms with Crippen LogP contribution in [-0.2, 0) is 11.3 Å². The first-order chi connectivity index (χ1) is 6.67. The third kappa shape index (κ3) is 2.57. The smallest absolute Gasteiger partial charge is 0.338 e. The summed E-state index contributed by atoms with van der Waals surface area (Å²) in [6.45, 7) is 3.94. The standard InChI is InChI=1S/C11H14O3/c1-3-14-11(13)10-5-8(2)4-9(6-10)7-12/h4-6,12H,3,7H2,1-2H3. The number of rotatable bonds is 3. The second-order valence-corrected chi connectivity index (χ2v) is 3.09. The van der Waals surface area contributed by atoms with Gasteiger partial charge < -0.3 is 9.84 Å². The van der Waals surface area contributed by atoms with Gasteiger partial charge in [0.2, 0.25) is 0 Å². The highest BCUT2D eigenvalue weighted by atomic mass is 16.5. The lowest BCUT2D eigenvalue weighted by Crippen LogP contribution is -2.05. The maximum atomic E-state index is 11.4. The summed E-state index contributed by atoms with van der Waals surface area (Å²) in [5, 5.41) is 8.95. The third-order valence-corrected chi connectivity index (χ3v) is 1.83. The first-order valence-corrected chi connectivity index (χ1v) is 4.56. The maximum absolute atomic E-state index is 11.4. The van der Waals surface area contributed by atoms with Gasteiger partial charge in [0.1, 0.15) is 0 Å². The van der Waals surface area contributed by atoms with Crippen LogP contribution in [0.3, 0.4) is 0 Å². The number of aliphatic hydroxyl groups is 1. The molecule has 0 amide bonds. The van der Waals surface area contributed by atoms with Gasteiger partial charge in [-0.25, -0.2) is 4.79 Å². The highest BCUT2D eigenvalue weighted by Crippen LogP contribution is 2.10. The molecule has 0 aliphatic rings. The predicted octanol–water partition coefficient (Wildman–Crippen LogP) is 1.66. The molecule has 1 N–H and O–H groups in total. The first kappa shape index (κ1) is 10.7. The minimum absolute atomic E-state index is 0.0614. The molecule has 14 heavy (non-hydrogen) atoms. The van der Waals surface area contributed by atoms with Crippen molar-refractivity contribution in [2.45, 2.75) is 20.5 Å². The Bertz CT molecular complexity index is 331. The van der Waals surface area contributed by atoms with Crippen molar-refractivity contribution in [1.29, 1.82) is 0 Å². The highest BCUT2D eigenvalue weighted by molar-refractivity contribution is 5.89. The zero-order valence-corrected chi connectivity index (χ0v) is 8.41. The van der Waals surface area contributed by atoms with Crippen molar-refractivity contribution >= 4 is 5.97 Å². The van der Waals surface area contributed by atoms with Gasteiger partial charge in [0.15, 0.2) is 0 Å². The summed E-state index contributed by atoms with van der Waals surface area (Å²) in [5.74, 6) is -0.342. The lowest BCUT2D eigenvalue weighted by molar-refractivity contribution is 0.0526. The molecule has 3 nitrogen and oxygen atoms in total. The van der Waals surface area contributed by atoms with Crippen molar-refractivity contribution in [3.05, 3.63) is 34.9 Å². The molecule has 1 aromatic rings. The van der Waals surface area contributed by atoms with Crippen LogP contribution in [0.5, 0.6) is 0 Å². The van der Waals surface area contributed by atoms with E-state index in [0.29, 0.717) is 12.2 Å². The summed E-state index contributed by atoms with van der Waals surface area (Å²) in [6.07, 6.45) is 0. The first-order valence-electron chi connectivity index (χ1n) is 4.56. The molecule has 1 rings (SSSR count). The van der Waals surface area contributed by atoms with Crippen molar-refractivity contribution in [1.82, 2.24) is 0 Å². The van der Waals surface area contributed by atoms with Crippen LogP contribution in [0.25, 0.3) is 0 Å². The minimum Gasteiger partial charge on any atom is -0.462 e. The molecule has 0 bridgehead atoms. The Morgan fingerprint density at radius 3 is 2.71 bits per heavy atom. The van der Waals surface area contributed by atoms with E-state index >= 15 is 0 Å². The van der Waals surface area contributed by atoms with Gasteiger partial charge in [0.25, 0.3) is 0 Å². The van der Waals surface area contributed by atoms with E-state index in [9.17, 15) is 4.79 Å². The zero-order chi connectivity index (χ0) is 10.6. The summed E-state index contributed by atoms with van der Waals surface area (Å²) in [7, 11) is 0. The van der Waals surface area contributed by atoms with E-state index < -0.39 is 0 Å². The quantitative estimate of drug-likeness (QED) is 0.744. The van der Waals surface area contributed by atoms with Crippen molar-refractivity contribution in [3.63, 3.8) is 0 Å². The number of benzene rings is 1. The van der Waals surface area contributed by atoms with Crippen molar-refractivity contribution in [2.24, 2.45) is 0 Å². The van der Waals surface area contributed by atoms with E-state index in [1.165, 1.54) is 0 Å². The van der Waals surface area contributed by atoms with Gasteiger partial charge in [-0.1, -0.05) is 6.07 Å². The molecule has 0 heterocycles. The van der Waals surface area contributed by atoms with Gasteiger partial charge in [-0.05, 0) is 37.1 Å². The van der Waals surface area contributed by atoms with Crippen LogP contribution in [0.1, 0.15) is 28.4 Å². The Balaban J connectivity index is 2.96. The molecular formula is C11H14O3. The van der Waals surface area contributed by atoms with Gasteiger partial charge in [0, 0.05) is 0 Å². The molecule has 76 valence electrons. The molecule has 0 saturated carbocycles. The molecule has 0 radical (unpaired) electrons. The number of aryl methyl sites for hydroxylation is 1. The van der Waals surface area contributed by atoms with Crippen molar-refractivity contribution in [3.8, 4) is 0 Å². The SMILES string of the molecule is CCOC(=O)c1cc(C)cc(CO)c1. The molecule has 0 spiro atoms. The molecule has 0 aromatic heterocycles. The Hall–Kier alpha value is -1.35. The van der Waals surface area contributed by atoms with Crippen LogP contribution in [0, 0.1) is 6.92 Å². The Morgan fingerprint density at radius 1 is 1.43 bits per heavy atom. The average molecular weight is 194 g/mol. The van der Waals surface area contributed by atoms with Gasteiger partial charge >= 0.3 is 5.97 Å². The van der Waals surface area contributed by atoms with E-state index in [-0.39, 0.29) is 12.6 Å². The molecule has 1 aromatic carbocycles. The number of hydrogen-bond donors (Lipinski definition) is 1. The van der Waals surface area contributed by atoms with Crippen LogP contribution in [0.15, 0.2) is 18.2 Å². The number of hydrogen-bond acceptors (Lipinski definition) is 3. The molecule has 0 atom stereocenters. The van der Waals surface area contributed by atoms with E-state index in [1.54, 1.807) is 19.1 Å². The van der Waals surface area contributed by atoms with Crippen LogP contribution >= 0.6 is 0 Å². The molecule has 0 saturated heterocycles. The topological polar surface area (TPSA) is 46.5 Å². The monoisotopic (exact) mass is 194 g/mol. The lowest BCUT2D eigenvalue weighted by Gasteiger charge is -2.05. The van der Waals surface area contributed by atoms with Gasteiger partial charge in [-0.3, -0.25) is 0 Å². The lowest BCUT2D eigenvalue weighted by atomic mass is 10.1. The highest BCUT2D eigenvalue weighted by Gasteiger charge is 2.07. The normalized spacial score (nSPS) is 9.93. The second-order valence-electron chi connectivity index (χ2n) is 3.09. The predicted molar refractivity (Wildman–Crippen MR) is 53.1 cm³/mol. The van der Waals surface area contributed by atoms with E-state index in [2.05, 4.69) is 0 Å². The Morgan fingerprint density at radius 2 is 2.14 bits per heavy atom. The summed E-state index contributed by atoms with van der Waals surface area (Å²) in [6, 6.07) is 5.23. The molecule has 0 aliphatic heterocycles. The van der Waals surface area contributed by atoms with Crippen LogP contribution in [0.2, 0.25) is 0 Å². The number of carbonyl (C=O) groups excluding carboxylic acids is 1. The molecule has 0 fully saturated rings. The fourth-order valence-electron chi connectivity index (χ4n) is 1.29. The van der Waals surface area contributed by atoms with Crippen molar-refractivity contribution < 1.29 is 14.6 Å². The Labute approximate surface area is 83.3 Å². The summed E-state index contributed by atoms with van der Waals surface area (Å²) >= 11 is 0. The minimum atomic E-state index is -0.342. The van der Waals surface area contributed by atoms with Crippen LogP contribution in [-0.4, -0.2) is 17.7 Å². The fourth-order valence-corrected chi connectivity index (χ4v) is 1.29. The number of ether oxygens (including phenoxy) is 1. The van der Waals surface area contributed by atoms with Crippen LogP contribution < -0.4 is 0 Å². The largest absolute Gasteiger partial charge is 0.462 e. The van der Waals surface area contributed by atoms with E-state index in [0.717, 1.165) is 11.1 Å². The van der Waals surface area contributed by atoms with Crippen molar-refractivity contribution in [2.75, 3.05) is 6.61 Å². The Kier molecular flexibility index (Phi) is 3.65. The van der Waals surface area contributed by atoms with Gasteiger partial charge in [-0.15, -0.1) is 0 Å². The van der Waals surface area contributed by atoms with E-state index in [4.69, 9.17) is 9.84 Å². The van der Waals surface area contributed by atoms with Crippen LogP contribution in [0.4, 0.5) is 0 Å². The zero-order valence-electron chi connectivity index (χ0n) is 8.41. The second kappa shape index (κ2) is 4.77. The summed E-state index contributed by atoms with van der Waals surface area (Å²) < 4.78 is 4.86. The molecule has 0 unspecified atom stereocenters. The van der Waals surface area contributed by atoms with Gasteiger partial charge in [-0.2, -0.15) is 0 Å². The number of carbonyl (C=O) groups is 1. The summed E-state index contributed by atoms with van der Waals surface area (Å²) in [5.41, 5.74) is 2.17. The average Bonchev–Trinajstić information content (AvgIpc) is 2.17. The molecule has 3 heteroatoms. The van der Waals surface area contributed by atoms with Gasteiger partial charge in [0.05, 0.1) is 18.8 Å². The number of esters is 1. The molecule has 0 aliphatic carbocycles. The summed E-state index contributed by atoms with van der Waals surface area (Å²) in [4.78, 5) is 11.4. The number of aliphatic hydroxyl groups excluding tert-OH is 1. The third-order valence-electron chi connectivity index (χ3n) is 1.83. The van der Waals surface area contributed by atoms with E-state index in [1.807, 2.05) is 13.0 Å². The maximum Gasteiger partial charge on any atom is 0.338 e. The fraction of sp³-hybridized carbons (Fsp3) is 0.364. The molecular weight excluding hydrogens is 180 g/mol.